The third kappa shape index (κ3) is 1.78. The van der Waals surface area contributed by atoms with Crippen molar-refractivity contribution in [3.63, 3.8) is 0 Å². The van der Waals surface area contributed by atoms with Crippen LogP contribution < -0.4 is 0 Å². The molecule has 12 heavy (non-hydrogen) atoms. The molecule has 0 atom stereocenters. The Kier molecular flexibility index (Phi) is 2.74. The van der Waals surface area contributed by atoms with E-state index in [2.05, 4.69) is 0 Å². The molecule has 0 N–H and O–H groups in total. The summed E-state index contributed by atoms with van der Waals surface area (Å²) < 4.78 is 37.9. The lowest BCUT2D eigenvalue weighted by molar-refractivity contribution is 0.533. The summed E-state index contributed by atoms with van der Waals surface area (Å²) in [4.78, 5) is 0. The van der Waals surface area contributed by atoms with Crippen LogP contribution in [-0.4, -0.2) is 0 Å². The van der Waals surface area contributed by atoms with Crippen molar-refractivity contribution in [1.82, 2.24) is 0 Å². The molecule has 0 saturated heterocycles. The zero-order chi connectivity index (χ0) is 9.14. The molecule has 0 aromatic heterocycles. The van der Waals surface area contributed by atoms with Crippen LogP contribution in [0.25, 0.3) is 0 Å². The summed E-state index contributed by atoms with van der Waals surface area (Å²) in [6.45, 7) is 1.75. The smallest absolute Gasteiger partial charge is 0.132 e. The van der Waals surface area contributed by atoms with Gasteiger partial charge in [0, 0.05) is 17.7 Å². The van der Waals surface area contributed by atoms with Crippen molar-refractivity contribution in [3.05, 3.63) is 41.6 Å². The van der Waals surface area contributed by atoms with Gasteiger partial charge < -0.3 is 0 Å². The topological polar surface area (TPSA) is 0 Å². The van der Waals surface area contributed by atoms with E-state index >= 15 is 0 Å². The Morgan fingerprint density at radius 1 is 1.17 bits per heavy atom. The maximum atomic E-state index is 12.8. The summed E-state index contributed by atoms with van der Waals surface area (Å²) in [7, 11) is 0. The van der Waals surface area contributed by atoms with Crippen LogP contribution in [0.1, 0.15) is 18.9 Å². The van der Waals surface area contributed by atoms with Gasteiger partial charge in [0.25, 0.3) is 0 Å². The van der Waals surface area contributed by atoms with Gasteiger partial charge in [-0.05, 0) is 12.8 Å². The van der Waals surface area contributed by atoms with Gasteiger partial charge in [-0.1, -0.05) is 6.92 Å². The minimum absolute atomic E-state index is 0.154. The maximum absolute atomic E-state index is 12.8. The molecule has 0 fully saturated rings. The summed E-state index contributed by atoms with van der Waals surface area (Å²) in [5.41, 5.74) is -0.154. The second-order valence-electron chi connectivity index (χ2n) is 2.40. The van der Waals surface area contributed by atoms with Gasteiger partial charge in [0.1, 0.15) is 17.5 Å². The molecular weight excluding hydrogens is 165 g/mol. The lowest BCUT2D eigenvalue weighted by atomic mass is 10.1. The van der Waals surface area contributed by atoms with Gasteiger partial charge >= 0.3 is 0 Å². The molecule has 0 spiro atoms. The molecule has 65 valence electrons. The van der Waals surface area contributed by atoms with Gasteiger partial charge in [-0.2, -0.15) is 0 Å². The maximum Gasteiger partial charge on any atom is 0.132 e. The van der Waals surface area contributed by atoms with E-state index in [9.17, 15) is 13.2 Å². The van der Waals surface area contributed by atoms with Crippen molar-refractivity contribution in [2.45, 2.75) is 13.3 Å². The molecule has 0 bridgehead atoms. The summed E-state index contributed by atoms with van der Waals surface area (Å²) in [6.07, 6.45) is 1.89. The molecule has 0 aliphatic rings. The average molecular weight is 173 g/mol. The Hall–Kier alpha value is -0.990. The molecule has 1 rings (SSSR count). The zero-order valence-corrected chi connectivity index (χ0v) is 6.57. The summed E-state index contributed by atoms with van der Waals surface area (Å²) in [5.74, 6) is -2.60. The minimum Gasteiger partial charge on any atom is -0.207 e. The fourth-order valence-corrected chi connectivity index (χ4v) is 0.952. The van der Waals surface area contributed by atoms with Crippen LogP contribution in [0, 0.1) is 23.9 Å². The van der Waals surface area contributed by atoms with Crippen LogP contribution in [0.15, 0.2) is 12.1 Å². The molecule has 0 amide bonds. The molecule has 0 aliphatic carbocycles. The number of halogens is 3. The first-order valence-electron chi connectivity index (χ1n) is 3.63. The van der Waals surface area contributed by atoms with Gasteiger partial charge in [0.05, 0.1) is 0 Å². The summed E-state index contributed by atoms with van der Waals surface area (Å²) in [5, 5.41) is 0. The van der Waals surface area contributed by atoms with Crippen LogP contribution in [0.5, 0.6) is 0 Å². The summed E-state index contributed by atoms with van der Waals surface area (Å²) >= 11 is 0. The Balaban J connectivity index is 3.10. The molecule has 3 heteroatoms. The summed E-state index contributed by atoms with van der Waals surface area (Å²) in [6, 6.07) is 1.34. The number of hydrogen-bond donors (Lipinski definition) is 0. The van der Waals surface area contributed by atoms with Crippen LogP contribution in [0.2, 0.25) is 0 Å². The Morgan fingerprint density at radius 3 is 2.08 bits per heavy atom. The third-order valence-electron chi connectivity index (χ3n) is 1.45. The second-order valence-corrected chi connectivity index (χ2v) is 2.40. The first kappa shape index (κ1) is 9.10. The van der Waals surface area contributed by atoms with E-state index in [0.717, 1.165) is 0 Å². The lowest BCUT2D eigenvalue weighted by Crippen LogP contribution is -1.94. The zero-order valence-electron chi connectivity index (χ0n) is 6.57. The van der Waals surface area contributed by atoms with Crippen molar-refractivity contribution in [2.75, 3.05) is 0 Å². The number of rotatable bonds is 2. The van der Waals surface area contributed by atoms with Crippen molar-refractivity contribution < 1.29 is 13.2 Å². The standard InChI is InChI=1S/C9H8F3/c1-2-3-7-8(11)4-6(10)5-9(7)12/h3-5H,2H2,1H3. The second kappa shape index (κ2) is 3.61. The normalized spacial score (nSPS) is 10.3. The highest BCUT2D eigenvalue weighted by atomic mass is 19.1. The monoisotopic (exact) mass is 173 g/mol. The first-order chi connectivity index (χ1) is 5.65. The van der Waals surface area contributed by atoms with Gasteiger partial charge in [0.2, 0.25) is 0 Å². The van der Waals surface area contributed by atoms with Gasteiger partial charge in [-0.25, -0.2) is 13.2 Å². The Bertz CT molecular complexity index is 258. The van der Waals surface area contributed by atoms with E-state index in [1.54, 1.807) is 6.92 Å². The molecule has 1 aromatic carbocycles. The van der Waals surface area contributed by atoms with E-state index in [1.165, 1.54) is 6.42 Å². The van der Waals surface area contributed by atoms with Gasteiger partial charge in [-0.3, -0.25) is 0 Å². The quantitative estimate of drug-likeness (QED) is 0.644. The SMILES string of the molecule is CC[CH]c1c(F)cc(F)cc1F. The van der Waals surface area contributed by atoms with Gasteiger partial charge in [0.15, 0.2) is 0 Å². The molecule has 0 heterocycles. The van der Waals surface area contributed by atoms with Crippen LogP contribution in [0.3, 0.4) is 0 Å². The Morgan fingerprint density at radius 2 is 1.67 bits per heavy atom. The first-order valence-corrected chi connectivity index (χ1v) is 3.63. The van der Waals surface area contributed by atoms with Crippen molar-refractivity contribution in [1.29, 1.82) is 0 Å². The lowest BCUT2D eigenvalue weighted by Gasteiger charge is -2.01. The fraction of sp³-hybridized carbons (Fsp3) is 0.222. The van der Waals surface area contributed by atoms with E-state index in [1.807, 2.05) is 0 Å². The fourth-order valence-electron chi connectivity index (χ4n) is 0.952. The Labute approximate surface area is 69.0 Å². The molecule has 0 unspecified atom stereocenters. The average Bonchev–Trinajstić information content (AvgIpc) is 1.96. The number of benzene rings is 1. The predicted molar refractivity (Wildman–Crippen MR) is 40.0 cm³/mol. The molecule has 1 aromatic rings. The molecule has 1 radical (unpaired) electrons. The third-order valence-corrected chi connectivity index (χ3v) is 1.45. The highest BCUT2D eigenvalue weighted by Gasteiger charge is 2.09. The van der Waals surface area contributed by atoms with Crippen molar-refractivity contribution in [3.8, 4) is 0 Å². The minimum atomic E-state index is -0.891. The predicted octanol–water partition coefficient (Wildman–Crippen LogP) is 3.07. The molecular formula is C9H8F3. The van der Waals surface area contributed by atoms with E-state index < -0.39 is 17.5 Å². The van der Waals surface area contributed by atoms with Crippen LogP contribution >= 0.6 is 0 Å². The molecule has 0 saturated carbocycles. The highest BCUT2D eigenvalue weighted by Crippen LogP contribution is 2.17. The van der Waals surface area contributed by atoms with Crippen LogP contribution in [-0.2, 0) is 0 Å². The highest BCUT2D eigenvalue weighted by molar-refractivity contribution is 5.27. The van der Waals surface area contributed by atoms with Crippen molar-refractivity contribution in [2.24, 2.45) is 0 Å². The largest absolute Gasteiger partial charge is 0.207 e. The van der Waals surface area contributed by atoms with E-state index in [4.69, 9.17) is 0 Å². The van der Waals surface area contributed by atoms with Gasteiger partial charge in [-0.15, -0.1) is 0 Å². The van der Waals surface area contributed by atoms with Crippen molar-refractivity contribution >= 4 is 0 Å². The number of hydrogen-bond acceptors (Lipinski definition) is 0. The van der Waals surface area contributed by atoms with E-state index in [0.29, 0.717) is 18.6 Å². The van der Waals surface area contributed by atoms with Crippen LogP contribution in [0.4, 0.5) is 13.2 Å². The molecule has 0 aliphatic heterocycles. The molecule has 0 nitrogen and oxygen atoms in total. The van der Waals surface area contributed by atoms with E-state index in [-0.39, 0.29) is 5.56 Å².